The number of nitrogens with zero attached hydrogens (tertiary/aromatic N) is 2. The van der Waals surface area contributed by atoms with Gasteiger partial charge in [0, 0.05) is 25.1 Å². The molecule has 12 heteroatoms. The Morgan fingerprint density at radius 1 is 0.909 bits per heavy atom. The minimum Gasteiger partial charge on any atom is -0.486 e. The number of benzene rings is 3. The van der Waals surface area contributed by atoms with Gasteiger partial charge in [-0.25, -0.2) is 8.42 Å². The molecule has 0 aliphatic carbocycles. The fourth-order valence-electron chi connectivity index (χ4n) is 4.74. The third-order valence-electron chi connectivity index (χ3n) is 7.40. The molecule has 1 heterocycles. The summed E-state index contributed by atoms with van der Waals surface area (Å²) in [6.45, 7) is 5.50. The van der Waals surface area contributed by atoms with Crippen molar-refractivity contribution in [2.45, 2.75) is 52.2 Å². The first-order valence-electron chi connectivity index (χ1n) is 14.5. The van der Waals surface area contributed by atoms with Crippen LogP contribution in [0.5, 0.6) is 11.5 Å². The van der Waals surface area contributed by atoms with Gasteiger partial charge in [0.1, 0.15) is 25.8 Å². The molecule has 3 aromatic carbocycles. The molecule has 2 amide bonds. The third kappa shape index (κ3) is 8.37. The smallest absolute Gasteiger partial charge is 0.244 e. The molecule has 236 valence electrons. The second-order valence-electron chi connectivity index (χ2n) is 10.5. The van der Waals surface area contributed by atoms with E-state index in [0.29, 0.717) is 46.7 Å². The first-order valence-corrected chi connectivity index (χ1v) is 16.9. The summed E-state index contributed by atoms with van der Waals surface area (Å²) in [7, 11) is -3.93. The number of hydrogen-bond acceptors (Lipinski definition) is 6. The van der Waals surface area contributed by atoms with Crippen LogP contribution in [0.1, 0.15) is 38.3 Å². The van der Waals surface area contributed by atoms with Crippen molar-refractivity contribution in [3.8, 4) is 11.5 Å². The number of halogens is 2. The van der Waals surface area contributed by atoms with Gasteiger partial charge < -0.3 is 19.7 Å². The monoisotopic (exact) mass is 661 g/mol. The van der Waals surface area contributed by atoms with E-state index in [0.717, 1.165) is 9.87 Å². The number of nitrogens with one attached hydrogen (secondary N) is 1. The number of fused-ring (bicyclic) bond motifs is 1. The highest BCUT2D eigenvalue weighted by atomic mass is 35.5. The lowest BCUT2D eigenvalue weighted by atomic mass is 10.0. The molecular formula is C32H37Cl2N3O6S. The van der Waals surface area contributed by atoms with E-state index in [9.17, 15) is 18.0 Å². The summed E-state index contributed by atoms with van der Waals surface area (Å²) < 4.78 is 39.2. The van der Waals surface area contributed by atoms with Gasteiger partial charge in [-0.2, -0.15) is 0 Å². The molecule has 9 nitrogen and oxygen atoms in total. The van der Waals surface area contributed by atoms with Crippen molar-refractivity contribution in [2.75, 3.05) is 29.8 Å². The Bertz CT molecular complexity index is 1570. The number of anilines is 1. The van der Waals surface area contributed by atoms with E-state index in [2.05, 4.69) is 5.32 Å². The van der Waals surface area contributed by atoms with Crippen LogP contribution in [0, 0.1) is 0 Å². The molecule has 4 rings (SSSR count). The lowest BCUT2D eigenvalue weighted by molar-refractivity contribution is -0.140. The van der Waals surface area contributed by atoms with E-state index in [1.807, 2.05) is 44.2 Å². The van der Waals surface area contributed by atoms with E-state index < -0.39 is 28.5 Å². The largest absolute Gasteiger partial charge is 0.486 e. The molecule has 0 fully saturated rings. The molecule has 2 atom stereocenters. The van der Waals surface area contributed by atoms with Crippen molar-refractivity contribution in [3.63, 3.8) is 0 Å². The van der Waals surface area contributed by atoms with Crippen LogP contribution in [-0.2, 0) is 32.6 Å². The Morgan fingerprint density at radius 2 is 1.61 bits per heavy atom. The minimum atomic E-state index is -3.93. The highest BCUT2D eigenvalue weighted by Crippen LogP contribution is 2.35. The molecule has 0 saturated carbocycles. The predicted molar refractivity (Wildman–Crippen MR) is 173 cm³/mol. The van der Waals surface area contributed by atoms with Crippen LogP contribution in [0.15, 0.2) is 66.7 Å². The van der Waals surface area contributed by atoms with Gasteiger partial charge in [-0.05, 0) is 55.7 Å². The number of carbonyl (C=O) groups excluding carboxylic acids is 2. The third-order valence-corrected chi connectivity index (χ3v) is 9.88. The Labute approximate surface area is 269 Å². The van der Waals surface area contributed by atoms with Gasteiger partial charge in [-0.3, -0.25) is 13.9 Å². The van der Waals surface area contributed by atoms with Crippen LogP contribution in [0.2, 0.25) is 10.0 Å². The molecule has 0 saturated heterocycles. The van der Waals surface area contributed by atoms with Gasteiger partial charge in [-0.1, -0.05) is 66.5 Å². The molecule has 1 N–H and O–H groups in total. The fourth-order valence-corrected chi connectivity index (χ4v) is 6.11. The number of hydrogen-bond donors (Lipinski definition) is 1. The van der Waals surface area contributed by atoms with E-state index in [1.54, 1.807) is 36.4 Å². The van der Waals surface area contributed by atoms with Gasteiger partial charge in [0.25, 0.3) is 0 Å². The Balaban J connectivity index is 1.77. The number of ether oxygens (including phenoxy) is 2. The molecule has 1 aliphatic rings. The number of rotatable bonds is 13. The zero-order chi connectivity index (χ0) is 31.9. The molecule has 3 aromatic rings. The highest BCUT2D eigenvalue weighted by Gasteiger charge is 2.34. The molecule has 2 unspecified atom stereocenters. The van der Waals surface area contributed by atoms with E-state index in [4.69, 9.17) is 32.7 Å². The van der Waals surface area contributed by atoms with Gasteiger partial charge >= 0.3 is 0 Å². The number of carbonyl (C=O) groups is 2. The second-order valence-corrected chi connectivity index (χ2v) is 13.5. The quantitative estimate of drug-likeness (QED) is 0.260. The zero-order valence-corrected chi connectivity index (χ0v) is 27.3. The number of amides is 2. The summed E-state index contributed by atoms with van der Waals surface area (Å²) in [5.74, 6) is -0.279. The summed E-state index contributed by atoms with van der Waals surface area (Å²) >= 11 is 12.5. The van der Waals surface area contributed by atoms with Crippen LogP contribution in [0.4, 0.5) is 5.69 Å². The van der Waals surface area contributed by atoms with Crippen LogP contribution < -0.4 is 19.1 Å². The Hall–Kier alpha value is -3.47. The fraction of sp³-hybridized carbons (Fsp3) is 0.375. The summed E-state index contributed by atoms with van der Waals surface area (Å²) in [6, 6.07) is 18.0. The average molecular weight is 663 g/mol. The van der Waals surface area contributed by atoms with Crippen LogP contribution >= 0.6 is 23.2 Å². The average Bonchev–Trinajstić information content (AvgIpc) is 3.03. The Kier molecular flexibility index (Phi) is 11.4. The topological polar surface area (TPSA) is 105 Å². The SMILES string of the molecule is CCC(C)NC(=O)C(Cc1ccccc1)N(Cc1ccc(Cl)c(Cl)c1)C(=O)CN(c1ccc2c(c1)OCCO2)S(=O)(=O)CC. The lowest BCUT2D eigenvalue weighted by Crippen LogP contribution is -2.54. The van der Waals surface area contributed by atoms with Gasteiger partial charge in [0.15, 0.2) is 11.5 Å². The number of sulfonamides is 1. The van der Waals surface area contributed by atoms with Crippen molar-refractivity contribution in [1.29, 1.82) is 0 Å². The summed E-state index contributed by atoms with van der Waals surface area (Å²) in [4.78, 5) is 29.6. The van der Waals surface area contributed by atoms with E-state index in [-0.39, 0.29) is 36.4 Å². The van der Waals surface area contributed by atoms with Crippen molar-refractivity contribution in [1.82, 2.24) is 10.2 Å². The standard InChI is InChI=1S/C32H37Cl2N3O6S/c1-4-22(3)35-32(39)28(18-23-9-7-6-8-10-23)36(20-24-11-13-26(33)27(34)17-24)31(38)21-37(44(40,41)5-2)25-12-14-29-30(19-25)43-16-15-42-29/h6-14,17,19,22,28H,4-5,15-16,18,20-21H2,1-3H3,(H,35,39). The van der Waals surface area contributed by atoms with E-state index in [1.165, 1.54) is 11.8 Å². The Morgan fingerprint density at radius 3 is 2.27 bits per heavy atom. The van der Waals surface area contributed by atoms with E-state index >= 15 is 0 Å². The maximum atomic E-state index is 14.4. The maximum Gasteiger partial charge on any atom is 0.244 e. The van der Waals surface area contributed by atoms with Crippen molar-refractivity contribution >= 4 is 50.7 Å². The molecule has 0 bridgehead atoms. The van der Waals surface area contributed by atoms with Gasteiger partial charge in [0.2, 0.25) is 21.8 Å². The first-order chi connectivity index (χ1) is 21.0. The molecular weight excluding hydrogens is 625 g/mol. The van der Waals surface area contributed by atoms with Gasteiger partial charge in [0.05, 0.1) is 21.5 Å². The van der Waals surface area contributed by atoms with Gasteiger partial charge in [-0.15, -0.1) is 0 Å². The first kappa shape index (κ1) is 33.4. The minimum absolute atomic E-state index is 0.0116. The lowest BCUT2D eigenvalue weighted by Gasteiger charge is -2.34. The molecule has 0 spiro atoms. The van der Waals surface area contributed by atoms with Crippen LogP contribution in [0.25, 0.3) is 0 Å². The van der Waals surface area contributed by atoms with Crippen LogP contribution in [0.3, 0.4) is 0 Å². The second kappa shape index (κ2) is 15.0. The van der Waals surface area contributed by atoms with Crippen molar-refractivity contribution in [3.05, 3.63) is 87.9 Å². The summed E-state index contributed by atoms with van der Waals surface area (Å²) in [5, 5.41) is 3.66. The summed E-state index contributed by atoms with van der Waals surface area (Å²) in [5.41, 5.74) is 1.72. The van der Waals surface area contributed by atoms with Crippen LogP contribution in [-0.4, -0.2) is 62.7 Å². The molecule has 1 aliphatic heterocycles. The molecule has 44 heavy (non-hydrogen) atoms. The molecule has 0 radical (unpaired) electrons. The van der Waals surface area contributed by atoms with Crippen molar-refractivity contribution < 1.29 is 27.5 Å². The summed E-state index contributed by atoms with van der Waals surface area (Å²) in [6.07, 6.45) is 0.901. The van der Waals surface area contributed by atoms with Crippen molar-refractivity contribution in [2.24, 2.45) is 0 Å². The highest BCUT2D eigenvalue weighted by molar-refractivity contribution is 7.92. The predicted octanol–water partition coefficient (Wildman–Crippen LogP) is 5.48. The normalized spacial score (nSPS) is 13.9. The molecule has 0 aromatic heterocycles. The maximum absolute atomic E-state index is 14.4. The zero-order valence-electron chi connectivity index (χ0n) is 25.0.